The van der Waals surface area contributed by atoms with Crippen LogP contribution in [0, 0.1) is 0 Å². The molecule has 0 aliphatic rings. The molecule has 0 fully saturated rings. The number of hydrogen-bond donors (Lipinski definition) is 2. The Balaban J connectivity index is 2.58. The molecule has 1 aromatic carbocycles. The van der Waals surface area contributed by atoms with E-state index in [0.29, 0.717) is 11.1 Å². The second-order valence-corrected chi connectivity index (χ2v) is 4.04. The first-order valence-electron chi connectivity index (χ1n) is 5.36. The largest absolute Gasteiger partial charge is 0.467 e. The third-order valence-corrected chi connectivity index (χ3v) is 2.87. The Kier molecular flexibility index (Phi) is 3.62. The van der Waals surface area contributed by atoms with Crippen LogP contribution in [0.5, 0.6) is 5.95 Å². The van der Waals surface area contributed by atoms with E-state index in [1.807, 2.05) is 0 Å². The number of rotatable bonds is 2. The molecule has 19 heavy (non-hydrogen) atoms. The molecule has 100 valence electrons. The van der Waals surface area contributed by atoms with E-state index in [1.165, 1.54) is 20.2 Å². The van der Waals surface area contributed by atoms with Gasteiger partial charge in [0.05, 0.1) is 12.5 Å². The molecule has 0 aliphatic heterocycles. The zero-order valence-corrected chi connectivity index (χ0v) is 11.0. The number of halogens is 1. The maximum absolute atomic E-state index is 11.8. The molecule has 2 amide bonds. The van der Waals surface area contributed by atoms with Crippen molar-refractivity contribution in [2.24, 2.45) is 0 Å². The van der Waals surface area contributed by atoms with Crippen molar-refractivity contribution in [2.45, 2.75) is 0 Å². The number of carbonyl (C=O) groups is 1. The zero-order chi connectivity index (χ0) is 14.0. The monoisotopic (exact) mass is 282 g/mol. The van der Waals surface area contributed by atoms with E-state index in [2.05, 4.69) is 10.6 Å². The molecular weight excluding hydrogens is 272 g/mol. The minimum Gasteiger partial charge on any atom is -0.467 e. The van der Waals surface area contributed by atoms with Crippen LogP contribution in [0.4, 0.5) is 10.5 Å². The van der Waals surface area contributed by atoms with Crippen LogP contribution in [0.2, 0.25) is 5.02 Å². The van der Waals surface area contributed by atoms with Gasteiger partial charge in [-0.2, -0.15) is 0 Å². The van der Waals surface area contributed by atoms with Crippen LogP contribution in [-0.2, 0) is 0 Å². The Morgan fingerprint density at radius 3 is 2.74 bits per heavy atom. The molecule has 0 saturated carbocycles. The van der Waals surface area contributed by atoms with E-state index < -0.39 is 5.63 Å². The maximum Gasteiger partial charge on any atom is 0.346 e. The van der Waals surface area contributed by atoms with E-state index in [4.69, 9.17) is 20.8 Å². The van der Waals surface area contributed by atoms with Crippen LogP contribution in [0.15, 0.2) is 27.4 Å². The van der Waals surface area contributed by atoms with Gasteiger partial charge in [-0.05, 0) is 12.1 Å². The summed E-state index contributed by atoms with van der Waals surface area (Å²) in [7, 11) is 2.85. The minimum absolute atomic E-state index is 0.0359. The lowest BCUT2D eigenvalue weighted by Crippen LogP contribution is -2.24. The normalized spacial score (nSPS) is 10.3. The third-order valence-electron chi connectivity index (χ3n) is 2.51. The molecule has 1 heterocycles. The van der Waals surface area contributed by atoms with Crippen molar-refractivity contribution < 1.29 is 13.9 Å². The second-order valence-electron chi connectivity index (χ2n) is 3.66. The van der Waals surface area contributed by atoms with Gasteiger partial charge < -0.3 is 19.8 Å². The van der Waals surface area contributed by atoms with E-state index in [9.17, 15) is 9.59 Å². The number of anilines is 1. The summed E-state index contributed by atoms with van der Waals surface area (Å²) in [6.07, 6.45) is 0. The molecule has 0 atom stereocenters. The summed E-state index contributed by atoms with van der Waals surface area (Å²) in [5.74, 6) is -0.0359. The third kappa shape index (κ3) is 2.48. The SMILES string of the molecule is CNC(=O)Nc1ccc2c(Cl)c(OC)oc(=O)c2c1. The minimum atomic E-state index is -0.586. The van der Waals surface area contributed by atoms with Crippen molar-refractivity contribution in [2.75, 3.05) is 19.5 Å². The lowest BCUT2D eigenvalue weighted by molar-refractivity contribution is 0.254. The fraction of sp³-hybridized carbons (Fsp3) is 0.167. The van der Waals surface area contributed by atoms with Gasteiger partial charge in [0.15, 0.2) is 0 Å². The smallest absolute Gasteiger partial charge is 0.346 e. The highest BCUT2D eigenvalue weighted by molar-refractivity contribution is 6.36. The summed E-state index contributed by atoms with van der Waals surface area (Å²) >= 11 is 6.04. The first-order chi connectivity index (χ1) is 9.06. The van der Waals surface area contributed by atoms with Gasteiger partial charge in [0.25, 0.3) is 0 Å². The molecule has 6 nitrogen and oxygen atoms in total. The van der Waals surface area contributed by atoms with Gasteiger partial charge in [0.1, 0.15) is 5.02 Å². The van der Waals surface area contributed by atoms with E-state index in [0.717, 1.165) is 0 Å². The number of ether oxygens (including phenoxy) is 1. The van der Waals surface area contributed by atoms with Crippen LogP contribution in [0.3, 0.4) is 0 Å². The average molecular weight is 283 g/mol. The summed E-state index contributed by atoms with van der Waals surface area (Å²) in [6, 6.07) is 4.34. The summed E-state index contributed by atoms with van der Waals surface area (Å²) in [6.45, 7) is 0. The molecule has 7 heteroatoms. The van der Waals surface area contributed by atoms with Crippen LogP contribution in [-0.4, -0.2) is 20.2 Å². The molecule has 2 aromatic rings. The molecule has 1 aromatic heterocycles. The highest BCUT2D eigenvalue weighted by Crippen LogP contribution is 2.31. The number of nitrogens with one attached hydrogen (secondary N) is 2. The number of hydrogen-bond acceptors (Lipinski definition) is 4. The van der Waals surface area contributed by atoms with Gasteiger partial charge in [-0.15, -0.1) is 0 Å². The Morgan fingerprint density at radius 1 is 1.37 bits per heavy atom. The highest BCUT2D eigenvalue weighted by atomic mass is 35.5. The predicted molar refractivity (Wildman–Crippen MR) is 72.1 cm³/mol. The van der Waals surface area contributed by atoms with Gasteiger partial charge in [-0.1, -0.05) is 17.7 Å². The van der Waals surface area contributed by atoms with E-state index >= 15 is 0 Å². The van der Waals surface area contributed by atoms with Crippen LogP contribution in [0.1, 0.15) is 0 Å². The molecule has 0 radical (unpaired) electrons. The molecule has 0 unspecified atom stereocenters. The molecular formula is C12H11ClN2O4. The van der Waals surface area contributed by atoms with E-state index in [1.54, 1.807) is 12.1 Å². The van der Waals surface area contributed by atoms with Gasteiger partial charge >= 0.3 is 17.6 Å². The fourth-order valence-electron chi connectivity index (χ4n) is 1.60. The maximum atomic E-state index is 11.8. The van der Waals surface area contributed by atoms with Gasteiger partial charge in [0.2, 0.25) is 0 Å². The molecule has 0 bridgehead atoms. The first kappa shape index (κ1) is 13.2. The quantitative estimate of drug-likeness (QED) is 0.885. The van der Waals surface area contributed by atoms with Crippen LogP contribution in [0.25, 0.3) is 10.8 Å². The Bertz CT molecular complexity index is 696. The second kappa shape index (κ2) is 5.19. The molecule has 0 saturated heterocycles. The van der Waals surface area contributed by atoms with Crippen molar-refractivity contribution in [1.29, 1.82) is 0 Å². The number of methoxy groups -OCH3 is 1. The van der Waals surface area contributed by atoms with Gasteiger partial charge in [-0.25, -0.2) is 9.59 Å². The summed E-state index contributed by atoms with van der Waals surface area (Å²) in [4.78, 5) is 23.0. The summed E-state index contributed by atoms with van der Waals surface area (Å²) in [5, 5.41) is 5.93. The highest BCUT2D eigenvalue weighted by Gasteiger charge is 2.13. The number of carbonyl (C=O) groups excluding carboxylic acids is 1. The Labute approximate surface area is 113 Å². The Morgan fingerprint density at radius 2 is 2.11 bits per heavy atom. The van der Waals surface area contributed by atoms with Crippen molar-refractivity contribution in [3.8, 4) is 5.95 Å². The van der Waals surface area contributed by atoms with Crippen molar-refractivity contribution in [1.82, 2.24) is 5.32 Å². The zero-order valence-electron chi connectivity index (χ0n) is 10.2. The predicted octanol–water partition coefficient (Wildman–Crippen LogP) is 2.21. The summed E-state index contributed by atoms with van der Waals surface area (Å²) in [5.41, 5.74) is -0.128. The van der Waals surface area contributed by atoms with Crippen LogP contribution >= 0.6 is 11.6 Å². The van der Waals surface area contributed by atoms with Gasteiger partial charge in [-0.3, -0.25) is 0 Å². The number of urea groups is 1. The van der Waals surface area contributed by atoms with Crippen molar-refractivity contribution in [3.05, 3.63) is 33.6 Å². The standard InChI is InChI=1S/C12H11ClN2O4/c1-14-12(17)15-6-3-4-7-8(5-6)10(16)19-11(18-2)9(7)13/h3-5H,1-2H3,(H2,14,15,17). The Hall–Kier alpha value is -2.21. The molecule has 2 N–H and O–H groups in total. The first-order valence-corrected chi connectivity index (χ1v) is 5.73. The van der Waals surface area contributed by atoms with Gasteiger partial charge in [0, 0.05) is 18.1 Å². The molecule has 0 spiro atoms. The number of amides is 2. The van der Waals surface area contributed by atoms with Crippen LogP contribution < -0.4 is 21.0 Å². The topological polar surface area (TPSA) is 80.6 Å². The number of fused-ring (bicyclic) bond motifs is 1. The van der Waals surface area contributed by atoms with Crippen molar-refractivity contribution in [3.63, 3.8) is 0 Å². The molecule has 2 rings (SSSR count). The summed E-state index contributed by atoms with van der Waals surface area (Å²) < 4.78 is 9.79. The lowest BCUT2D eigenvalue weighted by atomic mass is 10.1. The van der Waals surface area contributed by atoms with Crippen molar-refractivity contribution >= 4 is 34.1 Å². The number of benzene rings is 1. The van der Waals surface area contributed by atoms with E-state index in [-0.39, 0.29) is 22.4 Å². The molecule has 0 aliphatic carbocycles. The average Bonchev–Trinajstić information content (AvgIpc) is 2.42. The fourth-order valence-corrected chi connectivity index (χ4v) is 1.88. The lowest BCUT2D eigenvalue weighted by Gasteiger charge is -2.07.